The van der Waals surface area contributed by atoms with Gasteiger partial charge in [-0.2, -0.15) is 0 Å². The van der Waals surface area contributed by atoms with Crippen LogP contribution in [-0.4, -0.2) is 33.2 Å². The van der Waals surface area contributed by atoms with Gasteiger partial charge in [0.2, 0.25) is 5.91 Å². The van der Waals surface area contributed by atoms with Crippen LogP contribution >= 0.6 is 12.4 Å². The Morgan fingerprint density at radius 1 is 1.32 bits per heavy atom. The fourth-order valence-corrected chi connectivity index (χ4v) is 3.08. The number of benzene rings is 1. The van der Waals surface area contributed by atoms with E-state index >= 15 is 0 Å². The van der Waals surface area contributed by atoms with Gasteiger partial charge in [-0.05, 0) is 43.5 Å². The first-order valence-electron chi connectivity index (χ1n) is 7.24. The molecule has 0 saturated carbocycles. The molecule has 1 amide bonds. The van der Waals surface area contributed by atoms with Gasteiger partial charge in [-0.3, -0.25) is 4.79 Å². The highest BCUT2D eigenvalue weighted by molar-refractivity contribution is 7.90. The van der Waals surface area contributed by atoms with Crippen molar-refractivity contribution in [1.82, 2.24) is 10.6 Å². The lowest BCUT2D eigenvalue weighted by molar-refractivity contribution is -0.121. The molecule has 0 aromatic heterocycles. The lowest BCUT2D eigenvalue weighted by Gasteiger charge is -2.10. The first kappa shape index (κ1) is 18.9. The zero-order chi connectivity index (χ0) is 15.3. The molecule has 0 radical (unpaired) electrons. The van der Waals surface area contributed by atoms with Crippen LogP contribution in [0, 0.1) is 0 Å². The third kappa shape index (κ3) is 5.94. The van der Waals surface area contributed by atoms with Crippen LogP contribution in [0.4, 0.5) is 0 Å². The van der Waals surface area contributed by atoms with E-state index in [1.54, 1.807) is 24.3 Å². The second-order valence-electron chi connectivity index (χ2n) is 5.52. The van der Waals surface area contributed by atoms with Crippen molar-refractivity contribution in [3.8, 4) is 0 Å². The maximum Gasteiger partial charge on any atom is 0.220 e. The predicted molar refractivity (Wildman–Crippen MR) is 88.9 cm³/mol. The summed E-state index contributed by atoms with van der Waals surface area (Å²) < 4.78 is 22.7. The fraction of sp³-hybridized carbons (Fsp3) is 0.533. The van der Waals surface area contributed by atoms with E-state index in [4.69, 9.17) is 0 Å². The van der Waals surface area contributed by atoms with Gasteiger partial charge in [0, 0.05) is 25.3 Å². The summed E-state index contributed by atoms with van der Waals surface area (Å²) in [6, 6.07) is 7.08. The van der Waals surface area contributed by atoms with Crippen LogP contribution in [0.25, 0.3) is 0 Å². The van der Waals surface area contributed by atoms with Crippen LogP contribution in [0.1, 0.15) is 31.2 Å². The Kier molecular flexibility index (Phi) is 7.32. The van der Waals surface area contributed by atoms with Crippen molar-refractivity contribution in [3.63, 3.8) is 0 Å². The molecule has 2 rings (SSSR count). The maximum atomic E-state index is 11.8. The van der Waals surface area contributed by atoms with Gasteiger partial charge in [-0.25, -0.2) is 8.42 Å². The zero-order valence-electron chi connectivity index (χ0n) is 12.7. The zero-order valence-corrected chi connectivity index (χ0v) is 14.3. The van der Waals surface area contributed by atoms with E-state index < -0.39 is 9.84 Å². The molecular formula is C15H23ClN2O3S. The Balaban J connectivity index is 0.00000242. The molecule has 1 fully saturated rings. The molecule has 1 saturated heterocycles. The molecule has 1 aliphatic heterocycles. The molecule has 1 aromatic rings. The Hall–Kier alpha value is -1.11. The minimum absolute atomic E-state index is 0. The average molecular weight is 347 g/mol. The number of hydrogen-bond acceptors (Lipinski definition) is 4. The summed E-state index contributed by atoms with van der Waals surface area (Å²) in [7, 11) is -3.16. The van der Waals surface area contributed by atoms with Crippen molar-refractivity contribution in [2.24, 2.45) is 0 Å². The van der Waals surface area contributed by atoms with Crippen LogP contribution < -0.4 is 10.6 Å². The molecule has 1 atom stereocenters. The number of hydrogen-bond donors (Lipinski definition) is 2. The molecule has 22 heavy (non-hydrogen) atoms. The van der Waals surface area contributed by atoms with Gasteiger partial charge >= 0.3 is 0 Å². The van der Waals surface area contributed by atoms with Gasteiger partial charge < -0.3 is 10.6 Å². The minimum Gasteiger partial charge on any atom is -0.352 e. The number of rotatable bonds is 6. The van der Waals surface area contributed by atoms with Crippen molar-refractivity contribution < 1.29 is 13.2 Å². The summed E-state index contributed by atoms with van der Waals surface area (Å²) in [5, 5.41) is 6.23. The van der Waals surface area contributed by atoms with Crippen molar-refractivity contribution in [2.75, 3.05) is 12.8 Å². The molecule has 1 aromatic carbocycles. The monoisotopic (exact) mass is 346 g/mol. The van der Waals surface area contributed by atoms with E-state index in [2.05, 4.69) is 10.6 Å². The number of carbonyl (C=O) groups excluding carboxylic acids is 1. The number of carbonyl (C=O) groups is 1. The van der Waals surface area contributed by atoms with Crippen LogP contribution in [0.5, 0.6) is 0 Å². The summed E-state index contributed by atoms with van der Waals surface area (Å²) in [5.41, 5.74) is 0.898. The second kappa shape index (κ2) is 8.50. The predicted octanol–water partition coefficient (Wildman–Crippen LogP) is 1.66. The van der Waals surface area contributed by atoms with E-state index in [0.29, 0.717) is 23.9 Å². The Morgan fingerprint density at radius 3 is 2.55 bits per heavy atom. The van der Waals surface area contributed by atoms with Crippen molar-refractivity contribution in [1.29, 1.82) is 0 Å². The lowest BCUT2D eigenvalue weighted by atomic mass is 10.1. The van der Waals surface area contributed by atoms with Crippen LogP contribution in [0.2, 0.25) is 0 Å². The van der Waals surface area contributed by atoms with Gasteiger partial charge in [-0.15, -0.1) is 12.4 Å². The molecule has 0 aliphatic carbocycles. The summed E-state index contributed by atoms with van der Waals surface area (Å²) in [6.45, 7) is 1.49. The minimum atomic E-state index is -3.16. The number of sulfone groups is 1. The normalized spacial score (nSPS) is 17.8. The average Bonchev–Trinajstić information content (AvgIpc) is 2.95. The molecule has 7 heteroatoms. The summed E-state index contributed by atoms with van der Waals surface area (Å²) >= 11 is 0. The lowest BCUT2D eigenvalue weighted by Crippen LogP contribution is -2.27. The summed E-state index contributed by atoms with van der Waals surface area (Å²) in [6.07, 6.45) is 4.93. The molecule has 2 N–H and O–H groups in total. The summed E-state index contributed by atoms with van der Waals surface area (Å²) in [5.74, 6) is 0.0379. The molecule has 5 nitrogen and oxygen atoms in total. The van der Waals surface area contributed by atoms with Crippen molar-refractivity contribution in [3.05, 3.63) is 29.8 Å². The van der Waals surface area contributed by atoms with E-state index in [1.165, 1.54) is 12.7 Å². The Morgan fingerprint density at radius 2 is 2.00 bits per heavy atom. The number of halogens is 1. The Bertz CT molecular complexity index is 581. The van der Waals surface area contributed by atoms with Crippen molar-refractivity contribution >= 4 is 28.2 Å². The van der Waals surface area contributed by atoms with Crippen molar-refractivity contribution in [2.45, 2.75) is 43.2 Å². The van der Waals surface area contributed by atoms with E-state index in [0.717, 1.165) is 24.9 Å². The quantitative estimate of drug-likeness (QED) is 0.821. The molecule has 1 unspecified atom stereocenters. The number of amides is 1. The van der Waals surface area contributed by atoms with Crippen LogP contribution in [-0.2, 0) is 21.2 Å². The van der Waals surface area contributed by atoms with E-state index in [-0.39, 0.29) is 18.3 Å². The van der Waals surface area contributed by atoms with Gasteiger partial charge in [0.25, 0.3) is 0 Å². The van der Waals surface area contributed by atoms with Crippen LogP contribution in [0.15, 0.2) is 29.2 Å². The first-order chi connectivity index (χ1) is 9.95. The van der Waals surface area contributed by atoms with E-state index in [9.17, 15) is 13.2 Å². The van der Waals surface area contributed by atoms with Gasteiger partial charge in [0.05, 0.1) is 4.90 Å². The van der Waals surface area contributed by atoms with E-state index in [1.807, 2.05) is 0 Å². The second-order valence-corrected chi connectivity index (χ2v) is 7.54. The SMILES string of the molecule is CS(=O)(=O)c1ccc(CNC(=O)CCC2CCCN2)cc1.Cl. The third-order valence-electron chi connectivity index (χ3n) is 3.72. The fourth-order valence-electron chi connectivity index (χ4n) is 2.45. The first-order valence-corrected chi connectivity index (χ1v) is 9.13. The number of nitrogens with one attached hydrogen (secondary N) is 2. The molecule has 1 aliphatic rings. The standard InChI is InChI=1S/C15H22N2O3S.ClH/c1-21(19,20)14-7-4-12(5-8-14)11-17-15(18)9-6-13-3-2-10-16-13;/h4-5,7-8,13,16H,2-3,6,9-11H2,1H3,(H,17,18);1H. The topological polar surface area (TPSA) is 75.3 Å². The highest BCUT2D eigenvalue weighted by atomic mass is 35.5. The molecule has 0 bridgehead atoms. The molecule has 0 spiro atoms. The Labute approximate surface area is 138 Å². The smallest absolute Gasteiger partial charge is 0.220 e. The highest BCUT2D eigenvalue weighted by Crippen LogP contribution is 2.12. The van der Waals surface area contributed by atoms with Crippen LogP contribution in [0.3, 0.4) is 0 Å². The largest absolute Gasteiger partial charge is 0.352 e. The molecule has 124 valence electrons. The van der Waals surface area contributed by atoms with Gasteiger partial charge in [-0.1, -0.05) is 12.1 Å². The van der Waals surface area contributed by atoms with Gasteiger partial charge in [0.15, 0.2) is 9.84 Å². The highest BCUT2D eigenvalue weighted by Gasteiger charge is 2.15. The third-order valence-corrected chi connectivity index (χ3v) is 4.85. The molecular weight excluding hydrogens is 324 g/mol. The molecule has 1 heterocycles. The summed E-state index contributed by atoms with van der Waals surface area (Å²) in [4.78, 5) is 12.1. The van der Waals surface area contributed by atoms with Gasteiger partial charge in [0.1, 0.15) is 0 Å². The maximum absolute atomic E-state index is 11.8.